The second kappa shape index (κ2) is 9.42. The van der Waals surface area contributed by atoms with Crippen LogP contribution in [0, 0.1) is 5.92 Å². The van der Waals surface area contributed by atoms with Gasteiger partial charge in [-0.15, -0.1) is 0 Å². The fourth-order valence-corrected chi connectivity index (χ4v) is 4.24. The Bertz CT molecular complexity index is 1290. The second-order valence-electron chi connectivity index (χ2n) is 10.4. The van der Waals surface area contributed by atoms with Crippen molar-refractivity contribution in [3.05, 3.63) is 42.2 Å². The number of nitrogens with one attached hydrogen (secondary N) is 1. The molecule has 0 radical (unpaired) electrons. The Balaban J connectivity index is 1.76. The van der Waals surface area contributed by atoms with E-state index in [1.165, 1.54) is 18.2 Å². The van der Waals surface area contributed by atoms with E-state index in [0.717, 1.165) is 6.42 Å². The topological polar surface area (TPSA) is 118 Å². The molecule has 10 nitrogen and oxygen atoms in total. The van der Waals surface area contributed by atoms with Crippen LogP contribution < -0.4 is 15.0 Å². The maximum atomic E-state index is 13.3. The van der Waals surface area contributed by atoms with Gasteiger partial charge in [0.05, 0.1) is 30.0 Å². The van der Waals surface area contributed by atoms with Crippen LogP contribution in [0.3, 0.4) is 0 Å². The molecule has 2 N–H and O–H groups in total. The Kier molecular flexibility index (Phi) is 6.66. The largest absolute Gasteiger partial charge is 0.480 e. The van der Waals surface area contributed by atoms with Crippen molar-refractivity contribution in [2.75, 3.05) is 24.4 Å². The Labute approximate surface area is 210 Å². The quantitative estimate of drug-likeness (QED) is 0.457. The van der Waals surface area contributed by atoms with Crippen molar-refractivity contribution in [3.63, 3.8) is 0 Å². The van der Waals surface area contributed by atoms with E-state index in [9.17, 15) is 14.7 Å². The first-order chi connectivity index (χ1) is 16.9. The summed E-state index contributed by atoms with van der Waals surface area (Å²) in [5.74, 6) is 0.597. The summed E-state index contributed by atoms with van der Waals surface area (Å²) in [4.78, 5) is 31.7. The molecular weight excluding hydrogens is 462 g/mol. The van der Waals surface area contributed by atoms with Crippen molar-refractivity contribution in [2.45, 2.75) is 58.2 Å². The van der Waals surface area contributed by atoms with Gasteiger partial charge in [-0.2, -0.15) is 5.10 Å². The molecule has 36 heavy (non-hydrogen) atoms. The van der Waals surface area contributed by atoms with Crippen molar-refractivity contribution < 1.29 is 24.2 Å². The van der Waals surface area contributed by atoms with Crippen LogP contribution in [-0.4, -0.2) is 56.9 Å². The Morgan fingerprint density at radius 3 is 2.69 bits per heavy atom. The lowest BCUT2D eigenvalue weighted by atomic mass is 9.68. The van der Waals surface area contributed by atoms with Crippen LogP contribution in [0.2, 0.25) is 0 Å². The van der Waals surface area contributed by atoms with Crippen molar-refractivity contribution >= 4 is 34.6 Å². The minimum atomic E-state index is -0.829. The van der Waals surface area contributed by atoms with E-state index in [2.05, 4.69) is 15.4 Å². The summed E-state index contributed by atoms with van der Waals surface area (Å²) >= 11 is 0. The predicted molar refractivity (Wildman–Crippen MR) is 136 cm³/mol. The van der Waals surface area contributed by atoms with Crippen molar-refractivity contribution in [1.82, 2.24) is 14.6 Å². The SMILES string of the molecule is COc1ncccc1Nc1cc(N(C)C(=O)OC(C)(C)C)n2ncc(C(=O)CC3CC[C@@]3(C)O)c2c1. The summed E-state index contributed by atoms with van der Waals surface area (Å²) in [5, 5.41) is 18.1. The highest BCUT2D eigenvalue weighted by molar-refractivity contribution is 6.03. The highest BCUT2D eigenvalue weighted by Crippen LogP contribution is 2.41. The number of anilines is 3. The summed E-state index contributed by atoms with van der Waals surface area (Å²) in [6.07, 6.45) is 4.28. The number of carbonyl (C=O) groups excluding carboxylic acids is 2. The fraction of sp³-hybridized carbons (Fsp3) is 0.462. The number of amides is 1. The van der Waals surface area contributed by atoms with Gasteiger partial charge < -0.3 is 19.9 Å². The number of hydrogen-bond donors (Lipinski definition) is 2. The Hall–Kier alpha value is -3.66. The minimum Gasteiger partial charge on any atom is -0.480 e. The normalized spacial score (nSPS) is 19.5. The van der Waals surface area contributed by atoms with E-state index in [1.807, 2.05) is 6.07 Å². The van der Waals surface area contributed by atoms with Gasteiger partial charge in [-0.25, -0.2) is 14.3 Å². The van der Waals surface area contributed by atoms with E-state index in [-0.39, 0.29) is 18.1 Å². The number of ether oxygens (including phenoxy) is 2. The van der Waals surface area contributed by atoms with Crippen LogP contribution in [0.25, 0.3) is 5.52 Å². The third kappa shape index (κ3) is 5.13. The minimum absolute atomic E-state index is 0.0928. The van der Waals surface area contributed by atoms with Crippen LogP contribution >= 0.6 is 0 Å². The van der Waals surface area contributed by atoms with Crippen LogP contribution in [0.5, 0.6) is 5.88 Å². The number of pyridine rings is 2. The number of carbonyl (C=O) groups is 2. The van der Waals surface area contributed by atoms with Crippen LogP contribution in [0.4, 0.5) is 22.0 Å². The van der Waals surface area contributed by atoms with Crippen molar-refractivity contribution in [2.24, 2.45) is 5.92 Å². The third-order valence-corrected chi connectivity index (χ3v) is 6.47. The first-order valence-electron chi connectivity index (χ1n) is 11.9. The zero-order chi connectivity index (χ0) is 26.3. The first kappa shape index (κ1) is 25.4. The number of hydrogen-bond acceptors (Lipinski definition) is 8. The van der Waals surface area contributed by atoms with Crippen LogP contribution in [-0.2, 0) is 4.74 Å². The lowest BCUT2D eigenvalue weighted by Gasteiger charge is -2.42. The monoisotopic (exact) mass is 495 g/mol. The van der Waals surface area contributed by atoms with E-state index in [1.54, 1.807) is 63.7 Å². The average Bonchev–Trinajstić information content (AvgIpc) is 3.24. The van der Waals surface area contributed by atoms with Gasteiger partial charge in [0.2, 0.25) is 5.88 Å². The summed E-state index contributed by atoms with van der Waals surface area (Å²) in [7, 11) is 3.12. The van der Waals surface area contributed by atoms with Crippen LogP contribution in [0.1, 0.15) is 57.3 Å². The van der Waals surface area contributed by atoms with Gasteiger partial charge in [0, 0.05) is 31.4 Å². The van der Waals surface area contributed by atoms with E-state index >= 15 is 0 Å². The summed E-state index contributed by atoms with van der Waals surface area (Å²) in [6, 6.07) is 7.11. The molecule has 3 aromatic rings. The molecule has 1 fully saturated rings. The Morgan fingerprint density at radius 1 is 1.33 bits per heavy atom. The summed E-state index contributed by atoms with van der Waals surface area (Å²) < 4.78 is 12.4. The number of fused-ring (bicyclic) bond motifs is 1. The standard InChI is InChI=1S/C26H33N5O5/c1-25(2,3)36-24(33)30(5)22-14-17(29-19-8-7-11-27-23(19)35-6)13-20-18(15-28-31(20)22)21(32)12-16-9-10-26(16,4)34/h7-8,11,13-16,29,34H,9-10,12H2,1-6H3/t16?,26-/m1/s1. The Morgan fingerprint density at radius 2 is 2.08 bits per heavy atom. The molecule has 4 rings (SSSR count). The molecule has 1 aliphatic rings. The van der Waals surface area contributed by atoms with Gasteiger partial charge in [0.15, 0.2) is 5.78 Å². The second-order valence-corrected chi connectivity index (χ2v) is 10.4. The van der Waals surface area contributed by atoms with E-state index in [4.69, 9.17) is 9.47 Å². The van der Waals surface area contributed by atoms with Gasteiger partial charge in [-0.05, 0) is 64.7 Å². The molecule has 192 valence electrons. The summed E-state index contributed by atoms with van der Waals surface area (Å²) in [6.45, 7) is 7.14. The van der Waals surface area contributed by atoms with Crippen LogP contribution in [0.15, 0.2) is 36.7 Å². The number of aliphatic hydroxyl groups is 1. The third-order valence-electron chi connectivity index (χ3n) is 6.47. The average molecular weight is 496 g/mol. The lowest BCUT2D eigenvalue weighted by molar-refractivity contribution is -0.0773. The van der Waals surface area contributed by atoms with Gasteiger partial charge >= 0.3 is 6.09 Å². The molecule has 3 aromatic heterocycles. The molecule has 1 amide bonds. The number of nitrogens with zero attached hydrogens (tertiary/aromatic N) is 4. The summed E-state index contributed by atoms with van der Waals surface area (Å²) in [5.41, 5.74) is 0.645. The molecule has 1 saturated carbocycles. The molecule has 0 spiro atoms. The molecule has 1 aliphatic carbocycles. The number of ketones is 1. The molecule has 0 aromatic carbocycles. The van der Waals surface area contributed by atoms with E-state index in [0.29, 0.717) is 40.6 Å². The predicted octanol–water partition coefficient (Wildman–Crippen LogP) is 4.59. The molecule has 3 heterocycles. The number of rotatable bonds is 7. The van der Waals surface area contributed by atoms with Gasteiger partial charge in [-0.1, -0.05) is 0 Å². The van der Waals surface area contributed by atoms with Crippen molar-refractivity contribution in [1.29, 1.82) is 0 Å². The molecule has 1 unspecified atom stereocenters. The van der Waals surface area contributed by atoms with E-state index < -0.39 is 17.3 Å². The van der Waals surface area contributed by atoms with Crippen molar-refractivity contribution in [3.8, 4) is 5.88 Å². The number of Topliss-reactive ketones (excluding diaryl/α,β-unsaturated/α-hetero) is 1. The lowest BCUT2D eigenvalue weighted by Crippen LogP contribution is -2.45. The maximum absolute atomic E-state index is 13.3. The molecule has 0 aliphatic heterocycles. The highest BCUT2D eigenvalue weighted by Gasteiger charge is 2.42. The van der Waals surface area contributed by atoms with Gasteiger partial charge in [-0.3, -0.25) is 9.69 Å². The number of methoxy groups -OCH3 is 1. The molecule has 10 heteroatoms. The number of aromatic nitrogens is 3. The zero-order valence-electron chi connectivity index (χ0n) is 21.5. The fourth-order valence-electron chi connectivity index (χ4n) is 4.24. The first-order valence-corrected chi connectivity index (χ1v) is 11.9. The zero-order valence-corrected chi connectivity index (χ0v) is 21.5. The molecule has 0 saturated heterocycles. The molecule has 2 atom stereocenters. The van der Waals surface area contributed by atoms with Gasteiger partial charge in [0.1, 0.15) is 17.1 Å². The highest BCUT2D eigenvalue weighted by atomic mass is 16.6. The molecular formula is C26H33N5O5. The van der Waals surface area contributed by atoms with Gasteiger partial charge in [0.25, 0.3) is 0 Å². The smallest absolute Gasteiger partial charge is 0.415 e. The molecule has 0 bridgehead atoms. The maximum Gasteiger partial charge on any atom is 0.415 e.